The number of carboxylic acid groups (broad SMARTS) is 1. The van der Waals surface area contributed by atoms with Gasteiger partial charge in [-0.25, -0.2) is 0 Å². The molecular weight excluding hydrogens is 196 g/mol. The highest BCUT2D eigenvalue weighted by Crippen LogP contribution is 2.05. The van der Waals surface area contributed by atoms with Crippen molar-refractivity contribution >= 4 is 17.6 Å². The van der Waals surface area contributed by atoms with Gasteiger partial charge in [-0.05, 0) is 12.1 Å². The maximum absolute atomic E-state index is 11.3. The zero-order valence-electron chi connectivity index (χ0n) is 8.01. The summed E-state index contributed by atoms with van der Waals surface area (Å²) in [6.45, 7) is 0. The molecule has 1 amide bonds. The second-order valence-electron chi connectivity index (χ2n) is 3.06. The summed E-state index contributed by atoms with van der Waals surface area (Å²) in [4.78, 5) is 21.7. The number of carbonyl (C=O) groups excluding carboxylic acids is 1. The summed E-state index contributed by atoms with van der Waals surface area (Å²) in [7, 11) is 0. The van der Waals surface area contributed by atoms with Crippen LogP contribution in [0.4, 0.5) is 5.69 Å². The first-order chi connectivity index (χ1) is 7.09. The molecule has 1 rings (SSSR count). The predicted octanol–water partition coefficient (Wildman–Crippen LogP) is 0.427. The summed E-state index contributed by atoms with van der Waals surface area (Å²) in [5, 5.41) is 11.0. The number of carboxylic acids is 1. The Balaban J connectivity index is 2.52. The van der Waals surface area contributed by atoms with Crippen LogP contribution in [0.3, 0.4) is 0 Å². The first-order valence-electron chi connectivity index (χ1n) is 4.43. The van der Waals surface area contributed by atoms with E-state index in [1.165, 1.54) is 0 Å². The minimum absolute atomic E-state index is 0.376. The van der Waals surface area contributed by atoms with E-state index in [0.29, 0.717) is 5.69 Å². The third-order valence-corrected chi connectivity index (χ3v) is 1.77. The summed E-state index contributed by atoms with van der Waals surface area (Å²) in [6.07, 6.45) is -0.376. The maximum Gasteiger partial charge on any atom is 0.305 e. The molecule has 0 unspecified atom stereocenters. The van der Waals surface area contributed by atoms with Crippen molar-refractivity contribution < 1.29 is 14.7 Å². The van der Waals surface area contributed by atoms with E-state index in [1.54, 1.807) is 24.3 Å². The van der Waals surface area contributed by atoms with Crippen LogP contribution >= 0.6 is 0 Å². The number of benzene rings is 1. The van der Waals surface area contributed by atoms with Crippen LogP contribution in [0.1, 0.15) is 6.42 Å². The van der Waals surface area contributed by atoms with Crippen LogP contribution in [0.15, 0.2) is 30.3 Å². The van der Waals surface area contributed by atoms with Crippen LogP contribution in [0, 0.1) is 0 Å². The number of carbonyl (C=O) groups is 2. The van der Waals surface area contributed by atoms with Crippen molar-refractivity contribution in [1.82, 2.24) is 0 Å². The fourth-order valence-corrected chi connectivity index (χ4v) is 1.04. The highest BCUT2D eigenvalue weighted by Gasteiger charge is 2.16. The quantitative estimate of drug-likeness (QED) is 0.668. The molecule has 0 aromatic heterocycles. The summed E-state index contributed by atoms with van der Waals surface area (Å²) in [5.74, 6) is -1.59. The molecule has 0 heterocycles. The standard InChI is InChI=1S/C10H12N2O3/c11-8(6-9(13)14)10(15)12-7-4-2-1-3-5-7/h1-5,8H,6,11H2,(H,12,15)(H,13,14)/t8-/m1/s1. The van der Waals surface area contributed by atoms with Crippen molar-refractivity contribution in [3.63, 3.8) is 0 Å². The van der Waals surface area contributed by atoms with Crippen molar-refractivity contribution in [3.8, 4) is 0 Å². The van der Waals surface area contributed by atoms with Crippen LogP contribution in [0.25, 0.3) is 0 Å². The predicted molar refractivity (Wildman–Crippen MR) is 55.3 cm³/mol. The fourth-order valence-electron chi connectivity index (χ4n) is 1.04. The molecule has 1 aromatic carbocycles. The van der Waals surface area contributed by atoms with E-state index in [2.05, 4.69) is 5.32 Å². The lowest BCUT2D eigenvalue weighted by Crippen LogP contribution is -2.37. The van der Waals surface area contributed by atoms with E-state index < -0.39 is 17.9 Å². The van der Waals surface area contributed by atoms with Gasteiger partial charge < -0.3 is 16.2 Å². The van der Waals surface area contributed by atoms with Gasteiger partial charge in [0, 0.05) is 5.69 Å². The molecule has 0 radical (unpaired) electrons. The van der Waals surface area contributed by atoms with Crippen molar-refractivity contribution in [2.75, 3.05) is 5.32 Å². The van der Waals surface area contributed by atoms with Crippen molar-refractivity contribution in [3.05, 3.63) is 30.3 Å². The molecule has 1 aromatic rings. The van der Waals surface area contributed by atoms with Crippen molar-refractivity contribution in [1.29, 1.82) is 0 Å². The minimum atomic E-state index is -1.09. The summed E-state index contributed by atoms with van der Waals surface area (Å²) < 4.78 is 0. The molecule has 5 nitrogen and oxygen atoms in total. The minimum Gasteiger partial charge on any atom is -0.481 e. The van der Waals surface area contributed by atoms with Gasteiger partial charge in [-0.15, -0.1) is 0 Å². The summed E-state index contributed by atoms with van der Waals surface area (Å²) in [5.41, 5.74) is 5.97. The number of hydrogen-bond acceptors (Lipinski definition) is 3. The Labute approximate surface area is 86.9 Å². The molecule has 1 atom stereocenters. The maximum atomic E-state index is 11.3. The van der Waals surface area contributed by atoms with Crippen molar-refractivity contribution in [2.45, 2.75) is 12.5 Å². The number of nitrogens with one attached hydrogen (secondary N) is 1. The fraction of sp³-hybridized carbons (Fsp3) is 0.200. The van der Waals surface area contributed by atoms with E-state index in [-0.39, 0.29) is 6.42 Å². The van der Waals surface area contributed by atoms with E-state index in [4.69, 9.17) is 10.8 Å². The number of para-hydroxylation sites is 1. The number of amides is 1. The van der Waals surface area contributed by atoms with Crippen LogP contribution in [0.5, 0.6) is 0 Å². The highest BCUT2D eigenvalue weighted by atomic mass is 16.4. The Morgan fingerprint density at radius 3 is 2.47 bits per heavy atom. The third-order valence-electron chi connectivity index (χ3n) is 1.77. The van der Waals surface area contributed by atoms with Gasteiger partial charge in [0.25, 0.3) is 0 Å². The van der Waals surface area contributed by atoms with Crippen LogP contribution in [-0.4, -0.2) is 23.0 Å². The molecule has 0 aliphatic rings. The summed E-state index contributed by atoms with van der Waals surface area (Å²) in [6, 6.07) is 7.71. The number of hydrogen-bond donors (Lipinski definition) is 3. The Morgan fingerprint density at radius 1 is 1.33 bits per heavy atom. The second kappa shape index (κ2) is 5.11. The first kappa shape index (κ1) is 11.2. The molecule has 0 saturated heterocycles. The van der Waals surface area contributed by atoms with Gasteiger partial charge in [-0.2, -0.15) is 0 Å². The summed E-state index contributed by atoms with van der Waals surface area (Å²) >= 11 is 0. The Morgan fingerprint density at radius 2 is 1.93 bits per heavy atom. The van der Waals surface area contributed by atoms with Gasteiger partial charge in [-0.3, -0.25) is 9.59 Å². The second-order valence-corrected chi connectivity index (χ2v) is 3.06. The number of rotatable bonds is 4. The third kappa shape index (κ3) is 3.78. The molecule has 0 spiro atoms. The molecule has 0 bridgehead atoms. The Kier molecular flexibility index (Phi) is 3.82. The lowest BCUT2D eigenvalue weighted by atomic mass is 10.2. The molecule has 0 aliphatic carbocycles. The van der Waals surface area contributed by atoms with Gasteiger partial charge >= 0.3 is 5.97 Å². The average Bonchev–Trinajstić information content (AvgIpc) is 2.18. The van der Waals surface area contributed by atoms with E-state index in [9.17, 15) is 9.59 Å². The SMILES string of the molecule is N[C@H](CC(=O)O)C(=O)Nc1ccccc1. The van der Waals surface area contributed by atoms with Crippen LogP contribution in [0.2, 0.25) is 0 Å². The molecule has 0 saturated carbocycles. The van der Waals surface area contributed by atoms with Crippen LogP contribution < -0.4 is 11.1 Å². The molecule has 4 N–H and O–H groups in total. The number of nitrogens with two attached hydrogens (primary N) is 1. The first-order valence-corrected chi connectivity index (χ1v) is 4.43. The van der Waals surface area contributed by atoms with Gasteiger partial charge in [-0.1, -0.05) is 18.2 Å². The molecule has 80 valence electrons. The van der Waals surface area contributed by atoms with Gasteiger partial charge in [0.1, 0.15) is 0 Å². The van der Waals surface area contributed by atoms with Gasteiger partial charge in [0.2, 0.25) is 5.91 Å². The van der Waals surface area contributed by atoms with Crippen molar-refractivity contribution in [2.24, 2.45) is 5.73 Å². The zero-order valence-corrected chi connectivity index (χ0v) is 8.01. The Bertz CT molecular complexity index is 351. The average molecular weight is 208 g/mol. The van der Waals surface area contributed by atoms with E-state index in [0.717, 1.165) is 0 Å². The smallest absolute Gasteiger partial charge is 0.305 e. The monoisotopic (exact) mass is 208 g/mol. The normalized spacial score (nSPS) is 11.8. The zero-order chi connectivity index (χ0) is 11.3. The van der Waals surface area contributed by atoms with E-state index in [1.807, 2.05) is 6.07 Å². The lowest BCUT2D eigenvalue weighted by Gasteiger charge is -2.09. The highest BCUT2D eigenvalue weighted by molar-refractivity contribution is 5.96. The largest absolute Gasteiger partial charge is 0.481 e. The lowest BCUT2D eigenvalue weighted by molar-refractivity contribution is -0.138. The number of aliphatic carboxylic acids is 1. The molecule has 0 fully saturated rings. The van der Waals surface area contributed by atoms with Gasteiger partial charge in [0.05, 0.1) is 12.5 Å². The Hall–Kier alpha value is -1.88. The molecule has 0 aliphatic heterocycles. The van der Waals surface area contributed by atoms with Crippen LogP contribution in [-0.2, 0) is 9.59 Å². The van der Waals surface area contributed by atoms with E-state index >= 15 is 0 Å². The molecule has 5 heteroatoms. The molecule has 15 heavy (non-hydrogen) atoms. The number of anilines is 1. The topological polar surface area (TPSA) is 92.4 Å². The van der Waals surface area contributed by atoms with Gasteiger partial charge in [0.15, 0.2) is 0 Å². The molecular formula is C10H12N2O3.